The molecule has 0 aromatic heterocycles. The summed E-state index contributed by atoms with van der Waals surface area (Å²) < 4.78 is 10.1. The Kier molecular flexibility index (Phi) is 16.4. The molecule has 0 aliphatic carbocycles. The van der Waals surface area contributed by atoms with E-state index in [-0.39, 0.29) is 13.2 Å². The number of nitrogens with zero attached hydrogens (tertiary/aromatic N) is 2. The van der Waals surface area contributed by atoms with E-state index in [0.29, 0.717) is 39.5 Å². The summed E-state index contributed by atoms with van der Waals surface area (Å²) in [5, 5.41) is 17.0. The summed E-state index contributed by atoms with van der Waals surface area (Å²) in [5.41, 5.74) is 0. The van der Waals surface area contributed by atoms with Gasteiger partial charge in [-0.25, -0.2) is 0 Å². The summed E-state index contributed by atoms with van der Waals surface area (Å²) in [7, 11) is 0. The van der Waals surface area contributed by atoms with E-state index < -0.39 is 0 Å². The van der Waals surface area contributed by atoms with Gasteiger partial charge < -0.3 is 19.7 Å². The fourth-order valence-electron chi connectivity index (χ4n) is 1.23. The van der Waals surface area contributed by atoms with E-state index in [4.69, 9.17) is 19.7 Å². The molecule has 0 aromatic carbocycles. The molecule has 0 aromatic rings. The van der Waals surface area contributed by atoms with E-state index in [9.17, 15) is 0 Å². The predicted octanol–water partition coefficient (Wildman–Crippen LogP) is 0.316. The van der Waals surface area contributed by atoms with Crippen LogP contribution in [0.15, 0.2) is 9.98 Å². The molecule has 0 saturated carbocycles. The molecule has 6 heteroatoms. The van der Waals surface area contributed by atoms with Crippen LogP contribution in [-0.2, 0) is 9.47 Å². The summed E-state index contributed by atoms with van der Waals surface area (Å²) in [6.07, 6.45) is 6.71. The number of aliphatic hydroxyl groups is 2. The zero-order chi connectivity index (χ0) is 14.0. The number of rotatable bonds is 14. The fourth-order valence-corrected chi connectivity index (χ4v) is 1.23. The van der Waals surface area contributed by atoms with Gasteiger partial charge in [0.05, 0.1) is 52.7 Å². The van der Waals surface area contributed by atoms with Crippen molar-refractivity contribution in [3.8, 4) is 0 Å². The first-order chi connectivity index (χ1) is 9.41. The molecule has 0 spiro atoms. The third-order valence-corrected chi connectivity index (χ3v) is 2.13. The van der Waals surface area contributed by atoms with Crippen molar-refractivity contribution in [3.05, 3.63) is 0 Å². The molecular weight excluding hydrogens is 248 g/mol. The first kappa shape index (κ1) is 18.2. The minimum absolute atomic E-state index is 0.0636. The normalized spacial score (nSPS) is 11.9. The Morgan fingerprint density at radius 1 is 0.737 bits per heavy atom. The van der Waals surface area contributed by atoms with Crippen LogP contribution in [0.25, 0.3) is 0 Å². The van der Waals surface area contributed by atoms with Gasteiger partial charge in [0.15, 0.2) is 0 Å². The maximum absolute atomic E-state index is 8.48. The second-order valence-electron chi connectivity index (χ2n) is 3.78. The van der Waals surface area contributed by atoms with Gasteiger partial charge in [0, 0.05) is 0 Å². The number of hydrogen-bond donors (Lipinski definition) is 2. The summed E-state index contributed by atoms with van der Waals surface area (Å²) >= 11 is 0. The van der Waals surface area contributed by atoms with Crippen molar-refractivity contribution < 1.29 is 19.7 Å². The molecule has 0 rings (SSSR count). The third kappa shape index (κ3) is 17.2. The number of aliphatic imine (C=N–C) groups is 2. The topological polar surface area (TPSA) is 83.6 Å². The van der Waals surface area contributed by atoms with Gasteiger partial charge in [-0.05, 0) is 31.7 Å². The van der Waals surface area contributed by atoms with Crippen LogP contribution in [0.2, 0.25) is 0 Å². The molecule has 0 bridgehead atoms. The molecule has 112 valence electrons. The average molecular weight is 274 g/mol. The van der Waals surface area contributed by atoms with Crippen LogP contribution in [-0.4, -0.2) is 75.4 Å². The van der Waals surface area contributed by atoms with Gasteiger partial charge in [0.25, 0.3) is 0 Å². The van der Waals surface area contributed by atoms with Crippen molar-refractivity contribution in [2.75, 3.05) is 52.7 Å². The largest absolute Gasteiger partial charge is 0.394 e. The standard InChI is InChI=1S/C13H26N2O4/c16-8-12-18-10-6-14-4-2-1-3-5-15-7-11-19-13-9-17/h4-5,16-17H,1-3,6-13H2/b14-4+,15-5+. The molecule has 0 saturated heterocycles. The molecule has 0 heterocycles. The lowest BCUT2D eigenvalue weighted by Gasteiger charge is -1.98. The number of unbranched alkanes of at least 4 members (excludes halogenated alkanes) is 2. The molecule has 0 amide bonds. The highest BCUT2D eigenvalue weighted by molar-refractivity contribution is 5.60. The van der Waals surface area contributed by atoms with Gasteiger partial charge in [0.2, 0.25) is 0 Å². The summed E-state index contributed by atoms with van der Waals surface area (Å²) in [4.78, 5) is 8.38. The molecule has 0 radical (unpaired) electrons. The molecule has 0 unspecified atom stereocenters. The molecule has 6 nitrogen and oxygen atoms in total. The van der Waals surface area contributed by atoms with E-state index in [0.717, 1.165) is 19.3 Å². The molecular formula is C13H26N2O4. The van der Waals surface area contributed by atoms with Crippen LogP contribution in [0.4, 0.5) is 0 Å². The van der Waals surface area contributed by atoms with Gasteiger partial charge in [-0.1, -0.05) is 0 Å². The first-order valence-corrected chi connectivity index (χ1v) is 6.75. The van der Waals surface area contributed by atoms with Crippen LogP contribution in [0.5, 0.6) is 0 Å². The van der Waals surface area contributed by atoms with Crippen LogP contribution >= 0.6 is 0 Å². The Labute approximate surface area is 115 Å². The Balaban J connectivity index is 3.12. The minimum Gasteiger partial charge on any atom is -0.394 e. The van der Waals surface area contributed by atoms with Crippen molar-refractivity contribution in [1.82, 2.24) is 0 Å². The van der Waals surface area contributed by atoms with E-state index in [1.165, 1.54) is 0 Å². The molecule has 0 fully saturated rings. The Morgan fingerprint density at radius 2 is 1.21 bits per heavy atom. The smallest absolute Gasteiger partial charge is 0.0698 e. The van der Waals surface area contributed by atoms with Crippen LogP contribution in [0, 0.1) is 0 Å². The van der Waals surface area contributed by atoms with Gasteiger partial charge in [-0.3, -0.25) is 9.98 Å². The summed E-state index contributed by atoms with van der Waals surface area (Å²) in [5.74, 6) is 0. The molecule has 2 N–H and O–H groups in total. The van der Waals surface area contributed by atoms with E-state index in [1.807, 2.05) is 12.4 Å². The summed E-state index contributed by atoms with van der Waals surface area (Å²) in [6, 6.07) is 0. The number of ether oxygens (including phenoxy) is 2. The van der Waals surface area contributed by atoms with Crippen molar-refractivity contribution in [2.24, 2.45) is 9.98 Å². The molecule has 0 aliphatic heterocycles. The lowest BCUT2D eigenvalue weighted by Crippen LogP contribution is -2.03. The zero-order valence-corrected chi connectivity index (χ0v) is 11.5. The van der Waals surface area contributed by atoms with E-state index in [2.05, 4.69) is 9.98 Å². The Hall–Kier alpha value is -0.820. The molecule has 0 aliphatic rings. The second-order valence-corrected chi connectivity index (χ2v) is 3.78. The second kappa shape index (κ2) is 17.2. The monoisotopic (exact) mass is 274 g/mol. The first-order valence-electron chi connectivity index (χ1n) is 6.75. The SMILES string of the molecule is OCCOCC/N=C/CCC/C=N/CCOCCO. The lowest BCUT2D eigenvalue weighted by molar-refractivity contribution is 0.0978. The lowest BCUT2D eigenvalue weighted by atomic mass is 10.2. The number of aliphatic hydroxyl groups excluding tert-OH is 2. The van der Waals surface area contributed by atoms with Crippen molar-refractivity contribution in [3.63, 3.8) is 0 Å². The minimum atomic E-state index is 0.0636. The summed E-state index contributed by atoms with van der Waals surface area (Å²) in [6.45, 7) is 3.31. The Morgan fingerprint density at radius 3 is 1.63 bits per heavy atom. The van der Waals surface area contributed by atoms with Gasteiger partial charge in [0.1, 0.15) is 0 Å². The van der Waals surface area contributed by atoms with Crippen molar-refractivity contribution in [1.29, 1.82) is 0 Å². The average Bonchev–Trinajstić information content (AvgIpc) is 2.43. The maximum Gasteiger partial charge on any atom is 0.0698 e. The van der Waals surface area contributed by atoms with Crippen molar-refractivity contribution in [2.45, 2.75) is 19.3 Å². The quantitative estimate of drug-likeness (QED) is 0.353. The van der Waals surface area contributed by atoms with Crippen molar-refractivity contribution >= 4 is 12.4 Å². The van der Waals surface area contributed by atoms with Crippen LogP contribution in [0.3, 0.4) is 0 Å². The van der Waals surface area contributed by atoms with Gasteiger partial charge >= 0.3 is 0 Å². The van der Waals surface area contributed by atoms with Crippen LogP contribution in [0.1, 0.15) is 19.3 Å². The zero-order valence-electron chi connectivity index (χ0n) is 11.5. The van der Waals surface area contributed by atoms with Gasteiger partial charge in [-0.15, -0.1) is 0 Å². The third-order valence-electron chi connectivity index (χ3n) is 2.13. The molecule has 0 atom stereocenters. The predicted molar refractivity (Wildman–Crippen MR) is 76.4 cm³/mol. The van der Waals surface area contributed by atoms with E-state index in [1.54, 1.807) is 0 Å². The number of hydrogen-bond acceptors (Lipinski definition) is 6. The highest BCUT2D eigenvalue weighted by Crippen LogP contribution is 1.90. The van der Waals surface area contributed by atoms with E-state index >= 15 is 0 Å². The molecule has 19 heavy (non-hydrogen) atoms. The highest BCUT2D eigenvalue weighted by Gasteiger charge is 1.86. The Bertz CT molecular complexity index is 201. The maximum atomic E-state index is 8.48. The van der Waals surface area contributed by atoms with Crippen LogP contribution < -0.4 is 0 Å². The van der Waals surface area contributed by atoms with Gasteiger partial charge in [-0.2, -0.15) is 0 Å². The highest BCUT2D eigenvalue weighted by atomic mass is 16.5. The fraction of sp³-hybridized carbons (Fsp3) is 0.846.